The van der Waals surface area contributed by atoms with Gasteiger partial charge in [0.25, 0.3) is 0 Å². The van der Waals surface area contributed by atoms with Crippen LogP contribution in [0.2, 0.25) is 5.28 Å². The summed E-state index contributed by atoms with van der Waals surface area (Å²) in [7, 11) is 0. The molecule has 1 aromatic heterocycles. The molecule has 0 spiro atoms. The van der Waals surface area contributed by atoms with Gasteiger partial charge in [-0.1, -0.05) is 0 Å². The van der Waals surface area contributed by atoms with Crippen LogP contribution in [0.3, 0.4) is 0 Å². The van der Waals surface area contributed by atoms with Crippen molar-refractivity contribution < 1.29 is 14.7 Å². The van der Waals surface area contributed by atoms with E-state index in [4.69, 9.17) is 11.6 Å². The van der Waals surface area contributed by atoms with Crippen LogP contribution >= 0.6 is 11.6 Å². The molecule has 26 heavy (non-hydrogen) atoms. The summed E-state index contributed by atoms with van der Waals surface area (Å²) in [5.74, 6) is -0.897. The molecule has 0 radical (unpaired) electrons. The third kappa shape index (κ3) is 4.02. The van der Waals surface area contributed by atoms with Gasteiger partial charge in [-0.15, -0.1) is 0 Å². The highest BCUT2D eigenvalue weighted by Gasteiger charge is 2.19. The number of carbonyl (C=O) groups is 2. The van der Waals surface area contributed by atoms with Crippen molar-refractivity contribution in [3.8, 4) is 0 Å². The number of nitrogens with one attached hydrogen (secondary N) is 1. The Kier molecular flexibility index (Phi) is 5.22. The van der Waals surface area contributed by atoms with Crippen LogP contribution in [0.25, 0.3) is 0 Å². The summed E-state index contributed by atoms with van der Waals surface area (Å²) in [6, 6.07) is 7.56. The Morgan fingerprint density at radius 3 is 2.38 bits per heavy atom. The molecule has 2 N–H and O–H groups in total. The molecule has 3 rings (SSSR count). The van der Waals surface area contributed by atoms with Gasteiger partial charge in [0.2, 0.25) is 11.2 Å². The second-order valence-corrected chi connectivity index (χ2v) is 6.21. The minimum absolute atomic E-state index is 0.0301. The van der Waals surface area contributed by atoms with E-state index < -0.39 is 5.97 Å². The van der Waals surface area contributed by atoms with Crippen molar-refractivity contribution in [2.45, 2.75) is 6.92 Å². The van der Waals surface area contributed by atoms with Crippen LogP contribution in [-0.4, -0.2) is 58.0 Å². The summed E-state index contributed by atoms with van der Waals surface area (Å²) in [6.07, 6.45) is 1.17. The molecule has 136 valence electrons. The Hall–Kier alpha value is -2.87. The Bertz CT molecular complexity index is 820. The second-order valence-electron chi connectivity index (χ2n) is 5.87. The van der Waals surface area contributed by atoms with Gasteiger partial charge in [-0.3, -0.25) is 4.79 Å². The van der Waals surface area contributed by atoms with Gasteiger partial charge in [0, 0.05) is 50.7 Å². The predicted octanol–water partition coefficient (Wildman–Crippen LogP) is 2.24. The van der Waals surface area contributed by atoms with Crippen LogP contribution in [0.4, 0.5) is 17.2 Å². The number of carbonyl (C=O) groups excluding carboxylic acids is 1. The topological polar surface area (TPSA) is 98.7 Å². The lowest BCUT2D eigenvalue weighted by Gasteiger charge is -2.35. The number of piperazine rings is 1. The molecular weight excluding hydrogens is 358 g/mol. The standard InChI is InChI=1S/C17H18ClN5O3/c1-11(24)22-6-8-23(9-7-22)13-4-2-12(3-5-13)20-15-14(16(25)26)10-19-17(18)21-15/h2-5,10H,6-9H2,1H3,(H,25,26)(H,19,20,21). The summed E-state index contributed by atoms with van der Waals surface area (Å²) >= 11 is 5.76. The number of halogens is 1. The van der Waals surface area contributed by atoms with Gasteiger partial charge in [-0.25, -0.2) is 9.78 Å². The number of aromatic nitrogens is 2. The smallest absolute Gasteiger partial charge is 0.341 e. The number of amides is 1. The Morgan fingerprint density at radius 2 is 1.81 bits per heavy atom. The minimum atomic E-state index is -1.14. The fourth-order valence-corrected chi connectivity index (χ4v) is 2.92. The number of aromatic carboxylic acids is 1. The first-order valence-corrected chi connectivity index (χ1v) is 8.45. The molecule has 1 amide bonds. The van der Waals surface area contributed by atoms with Crippen molar-refractivity contribution in [1.82, 2.24) is 14.9 Å². The summed E-state index contributed by atoms with van der Waals surface area (Å²) in [6.45, 7) is 4.54. The van der Waals surface area contributed by atoms with Gasteiger partial charge in [0.05, 0.1) is 0 Å². The largest absolute Gasteiger partial charge is 0.477 e. The highest BCUT2D eigenvalue weighted by atomic mass is 35.5. The number of benzene rings is 1. The van der Waals surface area contributed by atoms with Crippen molar-refractivity contribution in [3.05, 3.63) is 41.3 Å². The summed E-state index contributed by atoms with van der Waals surface area (Å²) in [5.41, 5.74) is 1.67. The van der Waals surface area contributed by atoms with Crippen molar-refractivity contribution in [3.63, 3.8) is 0 Å². The van der Waals surface area contributed by atoms with E-state index >= 15 is 0 Å². The van der Waals surface area contributed by atoms with Crippen molar-refractivity contribution in [1.29, 1.82) is 0 Å². The Morgan fingerprint density at radius 1 is 1.15 bits per heavy atom. The average Bonchev–Trinajstić information content (AvgIpc) is 2.62. The van der Waals surface area contributed by atoms with Crippen LogP contribution in [0.1, 0.15) is 17.3 Å². The molecule has 0 aliphatic carbocycles. The molecule has 0 atom stereocenters. The molecule has 8 nitrogen and oxygen atoms in total. The molecule has 2 heterocycles. The van der Waals surface area contributed by atoms with E-state index in [0.29, 0.717) is 18.8 Å². The monoisotopic (exact) mass is 375 g/mol. The zero-order chi connectivity index (χ0) is 18.7. The molecule has 0 saturated carbocycles. The average molecular weight is 376 g/mol. The zero-order valence-electron chi connectivity index (χ0n) is 14.1. The number of nitrogens with zero attached hydrogens (tertiary/aromatic N) is 4. The maximum Gasteiger partial charge on any atom is 0.341 e. The molecule has 1 saturated heterocycles. The van der Waals surface area contributed by atoms with Gasteiger partial charge in [0.15, 0.2) is 0 Å². The normalized spacial score (nSPS) is 14.2. The van der Waals surface area contributed by atoms with E-state index in [1.807, 2.05) is 29.2 Å². The van der Waals surface area contributed by atoms with E-state index in [2.05, 4.69) is 20.2 Å². The highest BCUT2D eigenvalue weighted by molar-refractivity contribution is 6.28. The third-order valence-corrected chi connectivity index (χ3v) is 4.39. The lowest BCUT2D eigenvalue weighted by Crippen LogP contribution is -2.48. The number of carboxylic acids is 1. The number of anilines is 3. The number of rotatable bonds is 4. The van der Waals surface area contributed by atoms with Gasteiger partial charge in [-0.05, 0) is 35.9 Å². The van der Waals surface area contributed by atoms with Crippen LogP contribution < -0.4 is 10.2 Å². The number of carboxylic acid groups (broad SMARTS) is 1. The second kappa shape index (κ2) is 7.57. The predicted molar refractivity (Wildman–Crippen MR) is 98.2 cm³/mol. The zero-order valence-corrected chi connectivity index (χ0v) is 14.9. The molecule has 1 aliphatic heterocycles. The Labute approximate surface area is 155 Å². The van der Waals surface area contributed by atoms with E-state index in [0.717, 1.165) is 18.8 Å². The molecule has 1 aromatic carbocycles. The van der Waals surface area contributed by atoms with Crippen LogP contribution in [0, 0.1) is 0 Å². The van der Waals surface area contributed by atoms with Crippen LogP contribution in [0.15, 0.2) is 30.5 Å². The quantitative estimate of drug-likeness (QED) is 0.790. The molecule has 2 aromatic rings. The van der Waals surface area contributed by atoms with Gasteiger partial charge < -0.3 is 20.2 Å². The molecule has 1 fully saturated rings. The summed E-state index contributed by atoms with van der Waals surface area (Å²) < 4.78 is 0. The van der Waals surface area contributed by atoms with Gasteiger partial charge >= 0.3 is 5.97 Å². The SMILES string of the molecule is CC(=O)N1CCN(c2ccc(Nc3nc(Cl)ncc3C(=O)O)cc2)CC1. The number of hydrogen-bond donors (Lipinski definition) is 2. The van der Waals surface area contributed by atoms with Crippen molar-refractivity contribution in [2.75, 3.05) is 36.4 Å². The Balaban J connectivity index is 1.70. The summed E-state index contributed by atoms with van der Waals surface area (Å²) in [5, 5.41) is 12.1. The third-order valence-electron chi connectivity index (χ3n) is 4.21. The highest BCUT2D eigenvalue weighted by Crippen LogP contribution is 2.23. The van der Waals surface area contributed by atoms with Crippen LogP contribution in [-0.2, 0) is 4.79 Å². The fourth-order valence-electron chi connectivity index (χ4n) is 2.78. The lowest BCUT2D eigenvalue weighted by atomic mass is 10.2. The minimum Gasteiger partial charge on any atom is -0.477 e. The van der Waals surface area contributed by atoms with Gasteiger partial charge in [-0.2, -0.15) is 4.98 Å². The molecule has 9 heteroatoms. The van der Waals surface area contributed by atoms with E-state index in [1.54, 1.807) is 6.92 Å². The first-order valence-electron chi connectivity index (χ1n) is 8.07. The van der Waals surface area contributed by atoms with Crippen LogP contribution in [0.5, 0.6) is 0 Å². The molecule has 1 aliphatic rings. The molecular formula is C17H18ClN5O3. The van der Waals surface area contributed by atoms with E-state index in [-0.39, 0.29) is 22.6 Å². The fraction of sp³-hybridized carbons (Fsp3) is 0.294. The number of hydrogen-bond acceptors (Lipinski definition) is 6. The first kappa shape index (κ1) is 17.9. The van der Waals surface area contributed by atoms with Crippen molar-refractivity contribution >= 4 is 40.7 Å². The van der Waals surface area contributed by atoms with Crippen molar-refractivity contribution in [2.24, 2.45) is 0 Å². The molecule has 0 bridgehead atoms. The van der Waals surface area contributed by atoms with E-state index in [9.17, 15) is 14.7 Å². The lowest BCUT2D eigenvalue weighted by molar-refractivity contribution is -0.129. The maximum absolute atomic E-state index is 11.4. The molecule has 0 unspecified atom stereocenters. The van der Waals surface area contributed by atoms with E-state index in [1.165, 1.54) is 6.20 Å². The first-order chi connectivity index (χ1) is 12.4. The summed E-state index contributed by atoms with van der Waals surface area (Å²) in [4.78, 5) is 34.3. The van der Waals surface area contributed by atoms with Gasteiger partial charge in [0.1, 0.15) is 11.4 Å². The maximum atomic E-state index is 11.4.